The molecule has 0 bridgehead atoms. The minimum absolute atomic E-state index is 0.111. The van der Waals surface area contributed by atoms with Gasteiger partial charge in [0.05, 0.1) is 18.9 Å². The summed E-state index contributed by atoms with van der Waals surface area (Å²) < 4.78 is 5.39. The van der Waals surface area contributed by atoms with Crippen molar-refractivity contribution < 1.29 is 19.1 Å². The number of nitrogens with one attached hydrogen (secondary N) is 1. The summed E-state index contributed by atoms with van der Waals surface area (Å²) in [6.07, 6.45) is 0.282. The molecule has 28 heavy (non-hydrogen) atoms. The first-order valence-corrected chi connectivity index (χ1v) is 9.18. The molecule has 0 aromatic heterocycles. The number of anilines is 2. The Balaban J connectivity index is 1.56. The lowest BCUT2D eigenvalue weighted by Gasteiger charge is -2.17. The molecular weight excluding hydrogens is 382 g/mol. The number of hydrogen-bond acceptors (Lipinski definition) is 4. The fourth-order valence-corrected chi connectivity index (χ4v) is 3.11. The van der Waals surface area contributed by atoms with Crippen LogP contribution < -0.4 is 20.7 Å². The molecule has 0 saturated carbocycles. The van der Waals surface area contributed by atoms with E-state index in [1.807, 2.05) is 0 Å². The molecule has 7 nitrogen and oxygen atoms in total. The first-order valence-electron chi connectivity index (χ1n) is 8.80. The zero-order valence-corrected chi connectivity index (χ0v) is 15.8. The predicted octanol–water partition coefficient (Wildman–Crippen LogP) is 2.59. The summed E-state index contributed by atoms with van der Waals surface area (Å²) >= 11 is 5.99. The van der Waals surface area contributed by atoms with Crippen molar-refractivity contribution in [1.82, 2.24) is 0 Å². The Hall–Kier alpha value is -3.06. The van der Waals surface area contributed by atoms with Crippen LogP contribution in [0.5, 0.6) is 5.75 Å². The van der Waals surface area contributed by atoms with Crippen molar-refractivity contribution in [2.24, 2.45) is 11.7 Å². The summed E-state index contributed by atoms with van der Waals surface area (Å²) in [5.74, 6) is -0.636. The Morgan fingerprint density at radius 2 is 1.96 bits per heavy atom. The van der Waals surface area contributed by atoms with Gasteiger partial charge in [-0.05, 0) is 42.5 Å². The molecule has 0 aliphatic carbocycles. The van der Waals surface area contributed by atoms with Crippen molar-refractivity contribution in [2.75, 3.05) is 23.4 Å². The average Bonchev–Trinajstić information content (AvgIpc) is 3.05. The number of ether oxygens (including phenoxy) is 1. The average molecular weight is 402 g/mol. The molecule has 0 radical (unpaired) electrons. The molecule has 3 amide bonds. The van der Waals surface area contributed by atoms with Gasteiger partial charge in [-0.1, -0.05) is 17.7 Å². The van der Waals surface area contributed by atoms with E-state index in [0.717, 1.165) is 0 Å². The Bertz CT molecular complexity index is 885. The quantitative estimate of drug-likeness (QED) is 0.744. The molecule has 1 heterocycles. The summed E-state index contributed by atoms with van der Waals surface area (Å²) in [5.41, 5.74) is 6.34. The molecule has 0 unspecified atom stereocenters. The van der Waals surface area contributed by atoms with Crippen LogP contribution in [0.4, 0.5) is 11.4 Å². The third-order valence-electron chi connectivity index (χ3n) is 4.35. The number of rotatable bonds is 7. The van der Waals surface area contributed by atoms with Crippen LogP contribution in [-0.4, -0.2) is 30.9 Å². The molecule has 8 heteroatoms. The van der Waals surface area contributed by atoms with E-state index >= 15 is 0 Å². The van der Waals surface area contributed by atoms with Gasteiger partial charge in [-0.25, -0.2) is 0 Å². The molecule has 3 rings (SSSR count). The van der Waals surface area contributed by atoms with Gasteiger partial charge in [-0.2, -0.15) is 0 Å². The molecule has 2 aromatic rings. The number of nitrogens with two attached hydrogens (primary N) is 1. The van der Waals surface area contributed by atoms with Crippen molar-refractivity contribution >= 4 is 40.7 Å². The molecule has 2 aromatic carbocycles. The normalized spacial score (nSPS) is 16.1. The maximum atomic E-state index is 12.5. The van der Waals surface area contributed by atoms with Crippen LogP contribution in [0, 0.1) is 5.92 Å². The molecule has 0 spiro atoms. The number of amides is 3. The topological polar surface area (TPSA) is 102 Å². The third-order valence-corrected chi connectivity index (χ3v) is 4.59. The molecule has 1 aliphatic heterocycles. The summed E-state index contributed by atoms with van der Waals surface area (Å²) in [6.45, 7) is 0.504. The predicted molar refractivity (Wildman–Crippen MR) is 106 cm³/mol. The van der Waals surface area contributed by atoms with Crippen LogP contribution in [0.25, 0.3) is 0 Å². The number of carbonyl (C=O) groups is 3. The van der Waals surface area contributed by atoms with Crippen LogP contribution in [0.1, 0.15) is 12.8 Å². The van der Waals surface area contributed by atoms with Crippen LogP contribution >= 0.6 is 11.6 Å². The standard InChI is InChI=1S/C20H20ClN3O4/c21-14-2-1-3-16(11-14)24-12-13(10-19(24)26)20(27)23-15-4-6-17(7-5-15)28-9-8-18(22)25/h1-7,11,13H,8-10,12H2,(H2,22,25)(H,23,27)/t13-/m1/s1. The third kappa shape index (κ3) is 5.01. The van der Waals surface area contributed by atoms with Crippen molar-refractivity contribution in [2.45, 2.75) is 12.8 Å². The molecule has 1 fully saturated rings. The number of primary amides is 1. The first kappa shape index (κ1) is 19.7. The van der Waals surface area contributed by atoms with E-state index in [0.29, 0.717) is 28.7 Å². The molecular formula is C20H20ClN3O4. The number of halogens is 1. The van der Waals surface area contributed by atoms with E-state index in [4.69, 9.17) is 22.1 Å². The molecule has 1 saturated heterocycles. The van der Waals surface area contributed by atoms with Crippen molar-refractivity contribution in [3.05, 3.63) is 53.6 Å². The number of nitrogens with zero attached hydrogens (tertiary/aromatic N) is 1. The second-order valence-electron chi connectivity index (χ2n) is 6.46. The highest BCUT2D eigenvalue weighted by Gasteiger charge is 2.35. The molecule has 1 aliphatic rings. The van der Waals surface area contributed by atoms with Crippen LogP contribution in [-0.2, 0) is 14.4 Å². The maximum absolute atomic E-state index is 12.5. The van der Waals surface area contributed by atoms with E-state index in [9.17, 15) is 14.4 Å². The van der Waals surface area contributed by atoms with E-state index in [-0.39, 0.29) is 31.3 Å². The lowest BCUT2D eigenvalue weighted by Crippen LogP contribution is -2.28. The Morgan fingerprint density at radius 1 is 1.21 bits per heavy atom. The van der Waals surface area contributed by atoms with Crippen molar-refractivity contribution in [3.8, 4) is 5.75 Å². The second-order valence-corrected chi connectivity index (χ2v) is 6.90. The Labute approximate surface area is 167 Å². The monoisotopic (exact) mass is 401 g/mol. The maximum Gasteiger partial charge on any atom is 0.229 e. The zero-order chi connectivity index (χ0) is 20.1. The molecule has 146 valence electrons. The minimum atomic E-state index is -0.446. The smallest absolute Gasteiger partial charge is 0.229 e. The lowest BCUT2D eigenvalue weighted by molar-refractivity contribution is -0.122. The lowest BCUT2D eigenvalue weighted by atomic mass is 10.1. The Morgan fingerprint density at radius 3 is 2.64 bits per heavy atom. The summed E-state index contributed by atoms with van der Waals surface area (Å²) in [4.78, 5) is 37.1. The summed E-state index contributed by atoms with van der Waals surface area (Å²) in [7, 11) is 0. The largest absolute Gasteiger partial charge is 0.493 e. The fourth-order valence-electron chi connectivity index (χ4n) is 2.93. The second kappa shape index (κ2) is 8.75. The van der Waals surface area contributed by atoms with Gasteiger partial charge in [0.1, 0.15) is 5.75 Å². The number of benzene rings is 2. The SMILES string of the molecule is NC(=O)CCOc1ccc(NC(=O)[C@@H]2CC(=O)N(c3cccc(Cl)c3)C2)cc1. The van der Waals surface area contributed by atoms with E-state index < -0.39 is 11.8 Å². The fraction of sp³-hybridized carbons (Fsp3) is 0.250. The van der Waals surface area contributed by atoms with E-state index in [2.05, 4.69) is 5.32 Å². The zero-order valence-electron chi connectivity index (χ0n) is 15.1. The molecule has 1 atom stereocenters. The van der Waals surface area contributed by atoms with Gasteiger partial charge >= 0.3 is 0 Å². The number of carbonyl (C=O) groups excluding carboxylic acids is 3. The van der Waals surface area contributed by atoms with Crippen LogP contribution in [0.15, 0.2) is 48.5 Å². The highest BCUT2D eigenvalue weighted by molar-refractivity contribution is 6.31. The van der Waals surface area contributed by atoms with Crippen LogP contribution in [0.2, 0.25) is 5.02 Å². The van der Waals surface area contributed by atoms with Gasteiger partial charge < -0.3 is 20.7 Å². The molecule has 3 N–H and O–H groups in total. The van der Waals surface area contributed by atoms with Gasteiger partial charge in [-0.3, -0.25) is 14.4 Å². The Kier molecular flexibility index (Phi) is 6.16. The van der Waals surface area contributed by atoms with E-state index in [1.54, 1.807) is 53.4 Å². The van der Waals surface area contributed by atoms with Crippen molar-refractivity contribution in [1.29, 1.82) is 0 Å². The minimum Gasteiger partial charge on any atom is -0.493 e. The summed E-state index contributed by atoms with van der Waals surface area (Å²) in [6, 6.07) is 13.8. The van der Waals surface area contributed by atoms with Gasteiger partial charge in [0.25, 0.3) is 0 Å². The van der Waals surface area contributed by atoms with Crippen molar-refractivity contribution in [3.63, 3.8) is 0 Å². The van der Waals surface area contributed by atoms with Crippen LogP contribution in [0.3, 0.4) is 0 Å². The van der Waals surface area contributed by atoms with Gasteiger partial charge in [0.15, 0.2) is 0 Å². The highest BCUT2D eigenvalue weighted by atomic mass is 35.5. The van der Waals surface area contributed by atoms with Gasteiger partial charge in [-0.15, -0.1) is 0 Å². The highest BCUT2D eigenvalue weighted by Crippen LogP contribution is 2.28. The van der Waals surface area contributed by atoms with E-state index in [1.165, 1.54) is 0 Å². The van der Waals surface area contributed by atoms with Gasteiger partial charge in [0, 0.05) is 29.4 Å². The first-order chi connectivity index (χ1) is 13.4. The summed E-state index contributed by atoms with van der Waals surface area (Å²) in [5, 5.41) is 3.35. The number of hydrogen-bond donors (Lipinski definition) is 2. The van der Waals surface area contributed by atoms with Gasteiger partial charge in [0.2, 0.25) is 17.7 Å².